The van der Waals surface area contributed by atoms with Crippen LogP contribution in [0.2, 0.25) is 0 Å². The molecule has 30 heavy (non-hydrogen) atoms. The zero-order valence-corrected chi connectivity index (χ0v) is 17.2. The molecule has 0 unspecified atom stereocenters. The van der Waals surface area contributed by atoms with Gasteiger partial charge in [0, 0.05) is 6.54 Å². The first-order chi connectivity index (χ1) is 14.3. The van der Waals surface area contributed by atoms with E-state index in [1.165, 1.54) is 12.1 Å². The fraction of sp³-hybridized carbons (Fsp3) is 0.286. The van der Waals surface area contributed by atoms with Gasteiger partial charge in [-0.25, -0.2) is 17.5 Å². The third-order valence-corrected chi connectivity index (χ3v) is 7.35. The molecule has 4 amide bonds. The number of hydrogen-bond donors (Lipinski definition) is 1. The van der Waals surface area contributed by atoms with Gasteiger partial charge in [0.15, 0.2) is 0 Å². The molecule has 0 saturated carbocycles. The van der Waals surface area contributed by atoms with Gasteiger partial charge in [-0.1, -0.05) is 55.8 Å². The van der Waals surface area contributed by atoms with Crippen molar-refractivity contribution in [3.05, 3.63) is 65.7 Å². The van der Waals surface area contributed by atoms with E-state index in [4.69, 9.17) is 0 Å². The molecule has 2 heterocycles. The Hall–Kier alpha value is -3.20. The quantitative estimate of drug-likeness (QED) is 0.711. The highest BCUT2D eigenvalue weighted by atomic mass is 32.2. The third kappa shape index (κ3) is 2.88. The summed E-state index contributed by atoms with van der Waals surface area (Å²) in [5.41, 5.74) is -0.423. The third-order valence-electron chi connectivity index (χ3n) is 5.51. The van der Waals surface area contributed by atoms with E-state index in [2.05, 4.69) is 5.32 Å². The Bertz CT molecular complexity index is 1130. The van der Waals surface area contributed by atoms with Crippen molar-refractivity contribution in [3.63, 3.8) is 0 Å². The van der Waals surface area contributed by atoms with Gasteiger partial charge in [0.05, 0.1) is 12.1 Å². The summed E-state index contributed by atoms with van der Waals surface area (Å²) in [5, 5.41) is 2.79. The Labute approximate surface area is 174 Å². The molecular formula is C21H21N3O5S. The summed E-state index contributed by atoms with van der Waals surface area (Å²) in [6.45, 7) is 1.40. The molecule has 8 nitrogen and oxygen atoms in total. The van der Waals surface area contributed by atoms with Gasteiger partial charge >= 0.3 is 6.03 Å². The van der Waals surface area contributed by atoms with Crippen LogP contribution in [-0.4, -0.2) is 48.6 Å². The van der Waals surface area contributed by atoms with Crippen LogP contribution >= 0.6 is 0 Å². The maximum atomic E-state index is 13.3. The van der Waals surface area contributed by atoms with Gasteiger partial charge in [-0.05, 0) is 24.1 Å². The van der Waals surface area contributed by atoms with Gasteiger partial charge in [-0.3, -0.25) is 14.5 Å². The Morgan fingerprint density at radius 3 is 2.27 bits per heavy atom. The normalized spacial score (nSPS) is 22.4. The van der Waals surface area contributed by atoms with E-state index < -0.39 is 33.4 Å². The first kappa shape index (κ1) is 20.1. The second-order valence-electron chi connectivity index (χ2n) is 7.29. The molecule has 2 aromatic rings. The number of rotatable bonds is 6. The van der Waals surface area contributed by atoms with Crippen LogP contribution in [0.4, 0.5) is 4.79 Å². The van der Waals surface area contributed by atoms with Gasteiger partial charge in [0.25, 0.3) is 21.8 Å². The summed E-state index contributed by atoms with van der Waals surface area (Å²) < 4.78 is 26.2. The van der Waals surface area contributed by atoms with Crippen molar-refractivity contribution < 1.29 is 22.8 Å². The summed E-state index contributed by atoms with van der Waals surface area (Å²) in [7, 11) is -4.00. The molecule has 0 radical (unpaired) electrons. The minimum atomic E-state index is -4.00. The summed E-state index contributed by atoms with van der Waals surface area (Å²) in [6.07, 6.45) is 1.06. The highest BCUT2D eigenvalue weighted by Gasteiger charge is 2.52. The number of amides is 4. The average Bonchev–Trinajstić information content (AvgIpc) is 3.10. The second kappa shape index (κ2) is 7.24. The number of nitrogens with zero attached hydrogens (tertiary/aromatic N) is 2. The SMILES string of the molecule is CCC[C@]1(c2ccccc2)NC(=O)N(CCN2C(=O)c3ccccc3S2(=O)=O)C1=O. The lowest BCUT2D eigenvalue weighted by molar-refractivity contribution is -0.132. The number of carbonyl (C=O) groups excluding carboxylic acids is 3. The molecular weight excluding hydrogens is 406 g/mol. The van der Waals surface area contributed by atoms with E-state index in [-0.39, 0.29) is 23.5 Å². The molecule has 156 valence electrons. The smallest absolute Gasteiger partial charge is 0.319 e. The Morgan fingerprint density at radius 1 is 0.933 bits per heavy atom. The number of imide groups is 1. The van der Waals surface area contributed by atoms with Gasteiger partial charge in [0.2, 0.25) is 0 Å². The zero-order valence-electron chi connectivity index (χ0n) is 16.4. The Morgan fingerprint density at radius 2 is 1.60 bits per heavy atom. The van der Waals surface area contributed by atoms with Crippen LogP contribution in [0.25, 0.3) is 0 Å². The minimum Gasteiger partial charge on any atom is -0.319 e. The molecule has 9 heteroatoms. The van der Waals surface area contributed by atoms with Crippen molar-refractivity contribution in [2.24, 2.45) is 0 Å². The Balaban J connectivity index is 1.59. The largest absolute Gasteiger partial charge is 0.325 e. The molecule has 0 aliphatic carbocycles. The summed E-state index contributed by atoms with van der Waals surface area (Å²) in [6, 6.07) is 14.3. The van der Waals surface area contributed by atoms with Crippen LogP contribution in [0.1, 0.15) is 35.7 Å². The number of carbonyl (C=O) groups is 3. The minimum absolute atomic E-state index is 0.0585. The van der Waals surface area contributed by atoms with Crippen molar-refractivity contribution in [2.45, 2.75) is 30.2 Å². The average molecular weight is 427 g/mol. The van der Waals surface area contributed by atoms with Gasteiger partial charge in [0.1, 0.15) is 10.4 Å². The van der Waals surface area contributed by atoms with Crippen LogP contribution in [0, 0.1) is 0 Å². The molecule has 1 N–H and O–H groups in total. The number of benzene rings is 2. The van der Waals surface area contributed by atoms with Gasteiger partial charge in [-0.2, -0.15) is 0 Å². The maximum Gasteiger partial charge on any atom is 0.325 e. The van der Waals surface area contributed by atoms with E-state index in [1.54, 1.807) is 36.4 Å². The monoisotopic (exact) mass is 427 g/mol. The molecule has 1 saturated heterocycles. The molecule has 2 aromatic carbocycles. The van der Waals surface area contributed by atoms with Crippen LogP contribution in [0.3, 0.4) is 0 Å². The van der Waals surface area contributed by atoms with E-state index in [0.717, 1.165) is 9.21 Å². The van der Waals surface area contributed by atoms with Crippen LogP contribution in [0.15, 0.2) is 59.5 Å². The molecule has 2 aliphatic heterocycles. The first-order valence-electron chi connectivity index (χ1n) is 9.68. The fourth-order valence-corrected chi connectivity index (χ4v) is 5.64. The predicted molar refractivity (Wildman–Crippen MR) is 108 cm³/mol. The topological polar surface area (TPSA) is 104 Å². The van der Waals surface area contributed by atoms with E-state index >= 15 is 0 Å². The molecule has 1 fully saturated rings. The lowest BCUT2D eigenvalue weighted by atomic mass is 9.85. The molecule has 0 spiro atoms. The number of sulfonamides is 1. The van der Waals surface area contributed by atoms with Crippen molar-refractivity contribution in [3.8, 4) is 0 Å². The van der Waals surface area contributed by atoms with E-state index in [0.29, 0.717) is 18.4 Å². The van der Waals surface area contributed by atoms with Crippen molar-refractivity contribution >= 4 is 27.9 Å². The number of hydrogen-bond acceptors (Lipinski definition) is 5. The van der Waals surface area contributed by atoms with Crippen LogP contribution < -0.4 is 5.32 Å². The highest BCUT2D eigenvalue weighted by Crippen LogP contribution is 2.34. The van der Waals surface area contributed by atoms with Crippen molar-refractivity contribution in [1.29, 1.82) is 0 Å². The van der Waals surface area contributed by atoms with Crippen molar-refractivity contribution in [1.82, 2.24) is 14.5 Å². The van der Waals surface area contributed by atoms with Crippen LogP contribution in [-0.2, 0) is 20.4 Å². The first-order valence-corrected chi connectivity index (χ1v) is 11.1. The number of nitrogens with one attached hydrogen (secondary N) is 1. The van der Waals surface area contributed by atoms with Crippen molar-refractivity contribution in [2.75, 3.05) is 13.1 Å². The lowest BCUT2D eigenvalue weighted by Crippen LogP contribution is -2.45. The van der Waals surface area contributed by atoms with E-state index in [1.807, 2.05) is 13.0 Å². The fourth-order valence-electron chi connectivity index (χ4n) is 4.08. The molecule has 0 bridgehead atoms. The lowest BCUT2D eigenvalue weighted by Gasteiger charge is -2.27. The van der Waals surface area contributed by atoms with Crippen LogP contribution in [0.5, 0.6) is 0 Å². The van der Waals surface area contributed by atoms with Gasteiger partial charge in [-0.15, -0.1) is 0 Å². The second-order valence-corrected chi connectivity index (χ2v) is 9.12. The van der Waals surface area contributed by atoms with E-state index in [9.17, 15) is 22.8 Å². The molecule has 0 aromatic heterocycles. The maximum absolute atomic E-state index is 13.3. The highest BCUT2D eigenvalue weighted by molar-refractivity contribution is 7.90. The number of urea groups is 1. The Kier molecular flexibility index (Phi) is 4.85. The summed E-state index contributed by atoms with van der Waals surface area (Å²) in [4.78, 5) is 39.4. The summed E-state index contributed by atoms with van der Waals surface area (Å²) >= 11 is 0. The predicted octanol–water partition coefficient (Wildman–Crippen LogP) is 2.08. The molecule has 1 atom stereocenters. The summed E-state index contributed by atoms with van der Waals surface area (Å²) in [5.74, 6) is -1.09. The zero-order chi connectivity index (χ0) is 21.5. The number of fused-ring (bicyclic) bond motifs is 1. The van der Waals surface area contributed by atoms with Gasteiger partial charge < -0.3 is 5.32 Å². The molecule has 4 rings (SSSR count). The standard InChI is InChI=1S/C21H21N3O5S/c1-2-12-21(15-8-4-3-5-9-15)19(26)23(20(27)22-21)13-14-24-18(25)16-10-6-7-11-17(16)30(24,28)29/h3-11H,2,12-14H2,1H3,(H,22,27)/t21-/m1/s1. The molecule has 2 aliphatic rings.